The molecule has 8 heteroatoms. The molecule has 1 saturated heterocycles. The monoisotopic (exact) mass is 330 g/mol. The van der Waals surface area contributed by atoms with Gasteiger partial charge in [0.15, 0.2) is 0 Å². The Labute approximate surface area is 131 Å². The number of ether oxygens (including phenoxy) is 1. The average Bonchev–Trinajstić information content (AvgIpc) is 2.94. The molecular weight excluding hydrogens is 314 g/mol. The molecule has 0 N–H and O–H groups in total. The molecule has 0 aromatic heterocycles. The van der Waals surface area contributed by atoms with E-state index in [1.54, 1.807) is 14.1 Å². The van der Waals surface area contributed by atoms with Crippen LogP contribution in [-0.4, -0.2) is 60.0 Å². The maximum atomic E-state index is 12.5. The quantitative estimate of drug-likeness (QED) is 0.846. The highest BCUT2D eigenvalue weighted by Gasteiger charge is 2.36. The smallest absolute Gasteiger partial charge is 0.387 e. The maximum Gasteiger partial charge on any atom is 0.387 e. The van der Waals surface area contributed by atoms with Crippen LogP contribution in [0.2, 0.25) is 0 Å². The predicted octanol–water partition coefficient (Wildman–Crippen LogP) is 1.89. The van der Waals surface area contributed by atoms with E-state index in [4.69, 9.17) is 0 Å². The molecule has 22 heavy (non-hydrogen) atoms. The van der Waals surface area contributed by atoms with Gasteiger partial charge in [-0.15, -0.1) is 11.8 Å². The van der Waals surface area contributed by atoms with Gasteiger partial charge in [-0.3, -0.25) is 9.59 Å². The highest BCUT2D eigenvalue weighted by Crippen LogP contribution is 2.25. The lowest BCUT2D eigenvalue weighted by Gasteiger charge is -2.25. The third-order valence-electron chi connectivity index (χ3n) is 3.18. The van der Waals surface area contributed by atoms with Crippen molar-refractivity contribution in [1.82, 2.24) is 9.80 Å². The molecule has 0 bridgehead atoms. The minimum Gasteiger partial charge on any atom is -0.435 e. The Morgan fingerprint density at radius 1 is 1.41 bits per heavy atom. The van der Waals surface area contributed by atoms with Gasteiger partial charge in [-0.2, -0.15) is 8.78 Å². The third kappa shape index (κ3) is 3.68. The van der Waals surface area contributed by atoms with Crippen molar-refractivity contribution in [2.45, 2.75) is 12.7 Å². The Balaban J connectivity index is 2.18. The topological polar surface area (TPSA) is 49.9 Å². The van der Waals surface area contributed by atoms with E-state index in [0.717, 1.165) is 0 Å². The molecule has 1 aromatic carbocycles. The van der Waals surface area contributed by atoms with Crippen molar-refractivity contribution < 1.29 is 23.1 Å². The predicted molar refractivity (Wildman–Crippen MR) is 79.1 cm³/mol. The van der Waals surface area contributed by atoms with E-state index in [-0.39, 0.29) is 23.1 Å². The number of alkyl halides is 2. The second-order valence-corrected chi connectivity index (χ2v) is 5.93. The first kappa shape index (κ1) is 16.5. The van der Waals surface area contributed by atoms with E-state index in [2.05, 4.69) is 4.74 Å². The first-order valence-electron chi connectivity index (χ1n) is 6.55. The fourth-order valence-corrected chi connectivity index (χ4v) is 3.26. The molecule has 0 saturated carbocycles. The Morgan fingerprint density at radius 3 is 2.77 bits per heavy atom. The van der Waals surface area contributed by atoms with Gasteiger partial charge in [0.25, 0.3) is 5.91 Å². The van der Waals surface area contributed by atoms with Crippen LogP contribution in [0, 0.1) is 0 Å². The zero-order chi connectivity index (χ0) is 16.3. The lowest BCUT2D eigenvalue weighted by atomic mass is 10.1. The zero-order valence-corrected chi connectivity index (χ0v) is 13.0. The van der Waals surface area contributed by atoms with Gasteiger partial charge in [-0.05, 0) is 18.2 Å². The van der Waals surface area contributed by atoms with Crippen molar-refractivity contribution >= 4 is 23.6 Å². The van der Waals surface area contributed by atoms with Crippen LogP contribution in [0.15, 0.2) is 24.3 Å². The molecule has 120 valence electrons. The van der Waals surface area contributed by atoms with Gasteiger partial charge in [-0.25, -0.2) is 0 Å². The van der Waals surface area contributed by atoms with Gasteiger partial charge in [0.05, 0.1) is 5.88 Å². The summed E-state index contributed by atoms with van der Waals surface area (Å²) in [5.41, 5.74) is 0.220. The molecule has 2 amide bonds. The molecule has 1 heterocycles. The van der Waals surface area contributed by atoms with Gasteiger partial charge in [0, 0.05) is 25.4 Å². The van der Waals surface area contributed by atoms with Crippen molar-refractivity contribution in [1.29, 1.82) is 0 Å². The Kier molecular flexibility index (Phi) is 5.23. The molecule has 0 aliphatic carbocycles. The van der Waals surface area contributed by atoms with Gasteiger partial charge >= 0.3 is 6.61 Å². The van der Waals surface area contributed by atoms with E-state index in [1.165, 1.54) is 45.8 Å². The number of thioether (sulfide) groups is 1. The molecule has 0 radical (unpaired) electrons. The van der Waals surface area contributed by atoms with Crippen LogP contribution < -0.4 is 4.74 Å². The summed E-state index contributed by atoms with van der Waals surface area (Å²) in [6.07, 6.45) is 0. The van der Waals surface area contributed by atoms with Crippen molar-refractivity contribution in [2.75, 3.05) is 25.7 Å². The Bertz CT molecular complexity index is 569. The van der Waals surface area contributed by atoms with Crippen molar-refractivity contribution in [2.24, 2.45) is 0 Å². The normalized spacial score (nSPS) is 17.7. The van der Waals surface area contributed by atoms with Gasteiger partial charge in [0.2, 0.25) is 5.91 Å². The summed E-state index contributed by atoms with van der Waals surface area (Å²) >= 11 is 1.48. The number of hydrogen-bond acceptors (Lipinski definition) is 4. The van der Waals surface area contributed by atoms with Gasteiger partial charge in [-0.1, -0.05) is 6.07 Å². The number of benzene rings is 1. The van der Waals surface area contributed by atoms with E-state index in [0.29, 0.717) is 11.6 Å². The lowest BCUT2D eigenvalue weighted by molar-refractivity contribution is -0.132. The maximum absolute atomic E-state index is 12.5. The number of amides is 2. The molecule has 1 aliphatic rings. The summed E-state index contributed by atoms with van der Waals surface area (Å²) in [6.45, 7) is -2.95. The van der Waals surface area contributed by atoms with E-state index in [9.17, 15) is 18.4 Å². The second kappa shape index (κ2) is 6.95. The van der Waals surface area contributed by atoms with Crippen LogP contribution in [-0.2, 0) is 4.79 Å². The van der Waals surface area contributed by atoms with Crippen LogP contribution in [0.25, 0.3) is 0 Å². The Morgan fingerprint density at radius 2 is 2.14 bits per heavy atom. The number of carbonyl (C=O) groups is 2. The second-order valence-electron chi connectivity index (χ2n) is 4.93. The summed E-state index contributed by atoms with van der Waals surface area (Å²) < 4.78 is 28.8. The fraction of sp³-hybridized carbons (Fsp3) is 0.429. The van der Waals surface area contributed by atoms with Gasteiger partial charge < -0.3 is 14.5 Å². The molecule has 1 fully saturated rings. The number of hydrogen-bond donors (Lipinski definition) is 0. The van der Waals surface area contributed by atoms with E-state index in [1.807, 2.05) is 0 Å². The number of nitrogens with zero attached hydrogens (tertiary/aromatic N) is 2. The number of carbonyl (C=O) groups excluding carboxylic acids is 2. The van der Waals surface area contributed by atoms with Crippen LogP contribution in [0.4, 0.5) is 8.78 Å². The fourth-order valence-electron chi connectivity index (χ4n) is 2.12. The number of halogens is 2. The largest absolute Gasteiger partial charge is 0.435 e. The highest BCUT2D eigenvalue weighted by atomic mass is 32.2. The lowest BCUT2D eigenvalue weighted by Crippen LogP contribution is -2.46. The van der Waals surface area contributed by atoms with Crippen LogP contribution in [0.3, 0.4) is 0 Å². The summed E-state index contributed by atoms with van der Waals surface area (Å²) in [5.74, 6) is 0.311. The minimum atomic E-state index is -2.95. The molecule has 1 unspecified atom stereocenters. The van der Waals surface area contributed by atoms with Crippen molar-refractivity contribution in [3.05, 3.63) is 29.8 Å². The van der Waals surface area contributed by atoms with Crippen LogP contribution in [0.5, 0.6) is 5.75 Å². The Hall–Kier alpha value is -1.83. The SMILES string of the molecule is CN(C)C(=O)C1CSCN1C(=O)c1cccc(OC(F)F)c1. The minimum absolute atomic E-state index is 0.0804. The third-order valence-corrected chi connectivity index (χ3v) is 4.19. The molecule has 1 aliphatic heterocycles. The van der Waals surface area contributed by atoms with E-state index >= 15 is 0 Å². The average molecular weight is 330 g/mol. The first-order valence-corrected chi connectivity index (χ1v) is 7.70. The highest BCUT2D eigenvalue weighted by molar-refractivity contribution is 7.99. The number of rotatable bonds is 4. The molecule has 0 spiro atoms. The first-order chi connectivity index (χ1) is 10.4. The van der Waals surface area contributed by atoms with Gasteiger partial charge in [0.1, 0.15) is 11.8 Å². The zero-order valence-electron chi connectivity index (χ0n) is 12.2. The molecule has 5 nitrogen and oxygen atoms in total. The molecular formula is C14H16F2N2O3S. The van der Waals surface area contributed by atoms with Crippen LogP contribution in [0.1, 0.15) is 10.4 Å². The number of likely N-dealkylation sites (N-methyl/N-ethyl adjacent to an activating group) is 1. The standard InChI is InChI=1S/C14H16F2N2O3S/c1-17(2)13(20)11-7-22-8-18(11)12(19)9-4-3-5-10(6-9)21-14(15)16/h3-6,11,14H,7-8H2,1-2H3. The molecule has 2 rings (SSSR count). The van der Waals surface area contributed by atoms with E-state index < -0.39 is 12.7 Å². The molecule has 1 atom stereocenters. The molecule has 1 aromatic rings. The van der Waals surface area contributed by atoms with Crippen molar-refractivity contribution in [3.63, 3.8) is 0 Å². The summed E-state index contributed by atoms with van der Waals surface area (Å²) in [6, 6.07) is 5.06. The summed E-state index contributed by atoms with van der Waals surface area (Å²) in [7, 11) is 3.26. The van der Waals surface area contributed by atoms with Crippen LogP contribution >= 0.6 is 11.8 Å². The summed E-state index contributed by atoms with van der Waals surface area (Å²) in [5, 5.41) is 0. The van der Waals surface area contributed by atoms with Crippen molar-refractivity contribution in [3.8, 4) is 5.75 Å². The summed E-state index contributed by atoms with van der Waals surface area (Å²) in [4.78, 5) is 27.5.